The van der Waals surface area contributed by atoms with Crippen LogP contribution in [0.3, 0.4) is 0 Å². The maximum atomic E-state index is 12.5. The maximum Gasteiger partial charge on any atom is 0.392 e. The van der Waals surface area contributed by atoms with E-state index in [1.807, 2.05) is 0 Å². The van der Waals surface area contributed by atoms with Crippen LogP contribution in [-0.4, -0.2) is 30.5 Å². The summed E-state index contributed by atoms with van der Waals surface area (Å²) in [5.41, 5.74) is 0. The molecule has 0 aromatic heterocycles. The van der Waals surface area contributed by atoms with Gasteiger partial charge in [0.1, 0.15) is 0 Å². The van der Waals surface area contributed by atoms with Gasteiger partial charge in [0.15, 0.2) is 0 Å². The Kier molecular flexibility index (Phi) is 3.59. The number of carboxylic acid groups (broad SMARTS) is 1. The summed E-state index contributed by atoms with van der Waals surface area (Å²) in [5, 5.41) is 8.69. The lowest BCUT2D eigenvalue weighted by Crippen LogP contribution is -2.41. The van der Waals surface area contributed by atoms with Crippen molar-refractivity contribution in [3.8, 4) is 0 Å². The standard InChI is InChI=1S/C9H13F3O3/c1-15-5-2-3-6(8(13)14)7(4-5)9(10,11)12/h5-7H,2-4H2,1H3,(H,13,14). The van der Waals surface area contributed by atoms with E-state index in [2.05, 4.69) is 0 Å². The summed E-state index contributed by atoms with van der Waals surface area (Å²) in [6, 6.07) is 0. The molecule has 0 bridgehead atoms. The summed E-state index contributed by atoms with van der Waals surface area (Å²) in [4.78, 5) is 10.7. The molecule has 1 aliphatic rings. The summed E-state index contributed by atoms with van der Waals surface area (Å²) >= 11 is 0. The molecule has 0 saturated heterocycles. The Hall–Kier alpha value is -0.780. The van der Waals surface area contributed by atoms with Crippen molar-refractivity contribution in [1.29, 1.82) is 0 Å². The molecule has 3 nitrogen and oxygen atoms in total. The summed E-state index contributed by atoms with van der Waals surface area (Å²) in [6.07, 6.45) is -4.79. The number of rotatable bonds is 2. The lowest BCUT2D eigenvalue weighted by Gasteiger charge is -2.34. The molecule has 15 heavy (non-hydrogen) atoms. The average Bonchev–Trinajstić information content (AvgIpc) is 2.15. The van der Waals surface area contributed by atoms with E-state index in [1.54, 1.807) is 0 Å². The molecule has 0 spiro atoms. The van der Waals surface area contributed by atoms with Crippen LogP contribution in [0.25, 0.3) is 0 Å². The SMILES string of the molecule is COC1CCC(C(=O)O)C(C(F)(F)F)C1. The number of alkyl halides is 3. The number of methoxy groups -OCH3 is 1. The Morgan fingerprint density at radius 3 is 2.40 bits per heavy atom. The molecule has 3 atom stereocenters. The van der Waals surface area contributed by atoms with Gasteiger partial charge in [0.25, 0.3) is 0 Å². The largest absolute Gasteiger partial charge is 0.481 e. The number of carbonyl (C=O) groups is 1. The molecule has 0 amide bonds. The molecular weight excluding hydrogens is 213 g/mol. The highest BCUT2D eigenvalue weighted by Gasteiger charge is 2.50. The van der Waals surface area contributed by atoms with Gasteiger partial charge in [-0.15, -0.1) is 0 Å². The van der Waals surface area contributed by atoms with Gasteiger partial charge in [0, 0.05) is 7.11 Å². The summed E-state index contributed by atoms with van der Waals surface area (Å²) in [5.74, 6) is -4.48. The van der Waals surface area contributed by atoms with Crippen LogP contribution in [0.15, 0.2) is 0 Å². The Morgan fingerprint density at radius 1 is 1.40 bits per heavy atom. The van der Waals surface area contributed by atoms with Gasteiger partial charge >= 0.3 is 12.1 Å². The van der Waals surface area contributed by atoms with Gasteiger partial charge in [-0.05, 0) is 19.3 Å². The first-order valence-electron chi connectivity index (χ1n) is 4.68. The third-order valence-corrected chi connectivity index (χ3v) is 2.87. The summed E-state index contributed by atoms with van der Waals surface area (Å²) in [6.45, 7) is 0. The van der Waals surface area contributed by atoms with Crippen LogP contribution in [0, 0.1) is 11.8 Å². The van der Waals surface area contributed by atoms with Crippen molar-refractivity contribution in [2.24, 2.45) is 11.8 Å². The zero-order valence-corrected chi connectivity index (χ0v) is 8.25. The zero-order valence-electron chi connectivity index (χ0n) is 8.25. The molecule has 1 aliphatic carbocycles. The van der Waals surface area contributed by atoms with Crippen LogP contribution in [0.5, 0.6) is 0 Å². The summed E-state index contributed by atoms with van der Waals surface area (Å²) < 4.78 is 42.5. The predicted octanol–water partition coefficient (Wildman–Crippen LogP) is 2.06. The minimum absolute atomic E-state index is 0.0258. The molecule has 1 rings (SSSR count). The van der Waals surface area contributed by atoms with Crippen LogP contribution in [0.2, 0.25) is 0 Å². The molecule has 1 saturated carbocycles. The predicted molar refractivity (Wildman–Crippen MR) is 45.3 cm³/mol. The number of ether oxygens (including phenoxy) is 1. The van der Waals surface area contributed by atoms with E-state index in [0.717, 1.165) is 0 Å². The van der Waals surface area contributed by atoms with Gasteiger partial charge in [-0.25, -0.2) is 0 Å². The van der Waals surface area contributed by atoms with Crippen LogP contribution < -0.4 is 0 Å². The van der Waals surface area contributed by atoms with Crippen molar-refractivity contribution < 1.29 is 27.8 Å². The van der Waals surface area contributed by atoms with Gasteiger partial charge in [0.05, 0.1) is 17.9 Å². The van der Waals surface area contributed by atoms with Gasteiger partial charge < -0.3 is 9.84 Å². The second-order valence-electron chi connectivity index (χ2n) is 3.76. The Bertz CT molecular complexity index is 239. The van der Waals surface area contributed by atoms with Crippen LogP contribution in [0.1, 0.15) is 19.3 Å². The van der Waals surface area contributed by atoms with Crippen molar-refractivity contribution in [3.05, 3.63) is 0 Å². The first kappa shape index (κ1) is 12.3. The Morgan fingerprint density at radius 2 is 2.00 bits per heavy atom. The maximum absolute atomic E-state index is 12.5. The molecule has 0 aromatic carbocycles. The van der Waals surface area contributed by atoms with E-state index in [1.165, 1.54) is 7.11 Å². The molecule has 3 unspecified atom stereocenters. The summed E-state index contributed by atoms with van der Waals surface area (Å²) in [7, 11) is 1.35. The highest BCUT2D eigenvalue weighted by Crippen LogP contribution is 2.42. The van der Waals surface area contributed by atoms with Gasteiger partial charge in [0.2, 0.25) is 0 Å². The number of halogens is 3. The van der Waals surface area contributed by atoms with E-state index >= 15 is 0 Å². The van der Waals surface area contributed by atoms with Crippen LogP contribution in [0.4, 0.5) is 13.2 Å². The fourth-order valence-corrected chi connectivity index (χ4v) is 2.00. The van der Waals surface area contributed by atoms with Crippen molar-refractivity contribution in [3.63, 3.8) is 0 Å². The van der Waals surface area contributed by atoms with E-state index in [-0.39, 0.29) is 12.8 Å². The Balaban J connectivity index is 2.78. The first-order valence-corrected chi connectivity index (χ1v) is 4.68. The normalized spacial score (nSPS) is 32.7. The number of carboxylic acids is 1. The average molecular weight is 226 g/mol. The minimum atomic E-state index is -4.46. The minimum Gasteiger partial charge on any atom is -0.481 e. The van der Waals surface area contributed by atoms with E-state index in [9.17, 15) is 18.0 Å². The molecule has 6 heteroatoms. The number of aliphatic carboxylic acids is 1. The molecule has 88 valence electrons. The third-order valence-electron chi connectivity index (χ3n) is 2.87. The molecular formula is C9H13F3O3. The molecule has 1 N–H and O–H groups in total. The van der Waals surface area contributed by atoms with Crippen molar-refractivity contribution in [2.75, 3.05) is 7.11 Å². The molecule has 0 radical (unpaired) electrons. The molecule has 0 heterocycles. The van der Waals surface area contributed by atoms with E-state index in [4.69, 9.17) is 9.84 Å². The quantitative estimate of drug-likeness (QED) is 0.784. The highest BCUT2D eigenvalue weighted by molar-refractivity contribution is 5.70. The van der Waals surface area contributed by atoms with Crippen molar-refractivity contribution in [2.45, 2.75) is 31.5 Å². The van der Waals surface area contributed by atoms with Crippen molar-refractivity contribution >= 4 is 5.97 Å². The smallest absolute Gasteiger partial charge is 0.392 e. The second kappa shape index (κ2) is 4.38. The Labute approximate surface area is 85.2 Å². The van der Waals surface area contributed by atoms with Crippen LogP contribution in [-0.2, 0) is 9.53 Å². The number of hydrogen-bond donors (Lipinski definition) is 1. The lowest BCUT2D eigenvalue weighted by molar-refractivity contribution is -0.211. The molecule has 1 fully saturated rings. The zero-order chi connectivity index (χ0) is 11.6. The number of hydrogen-bond acceptors (Lipinski definition) is 2. The van der Waals surface area contributed by atoms with Gasteiger partial charge in [-0.1, -0.05) is 0 Å². The van der Waals surface area contributed by atoms with Crippen LogP contribution >= 0.6 is 0 Å². The highest BCUT2D eigenvalue weighted by atomic mass is 19.4. The van der Waals surface area contributed by atoms with E-state index < -0.39 is 30.1 Å². The second-order valence-corrected chi connectivity index (χ2v) is 3.76. The van der Waals surface area contributed by atoms with Crippen molar-refractivity contribution in [1.82, 2.24) is 0 Å². The van der Waals surface area contributed by atoms with E-state index in [0.29, 0.717) is 6.42 Å². The topological polar surface area (TPSA) is 46.5 Å². The fourth-order valence-electron chi connectivity index (χ4n) is 2.00. The van der Waals surface area contributed by atoms with Gasteiger partial charge in [-0.2, -0.15) is 13.2 Å². The fraction of sp³-hybridized carbons (Fsp3) is 0.889. The first-order chi connectivity index (χ1) is 6.86. The van der Waals surface area contributed by atoms with Gasteiger partial charge in [-0.3, -0.25) is 4.79 Å². The molecule has 0 aromatic rings. The molecule has 0 aliphatic heterocycles. The third kappa shape index (κ3) is 2.84. The monoisotopic (exact) mass is 226 g/mol. The lowest BCUT2D eigenvalue weighted by atomic mass is 9.77.